The van der Waals surface area contributed by atoms with Crippen LogP contribution in [0.3, 0.4) is 0 Å². The molecule has 4 rings (SSSR count). The van der Waals surface area contributed by atoms with E-state index in [1.165, 1.54) is 25.7 Å². The third kappa shape index (κ3) is 5.28. The summed E-state index contributed by atoms with van der Waals surface area (Å²) < 4.78 is 5.36. The van der Waals surface area contributed by atoms with E-state index in [9.17, 15) is 14.4 Å². The molecule has 8 nitrogen and oxygen atoms in total. The van der Waals surface area contributed by atoms with Crippen molar-refractivity contribution in [2.75, 3.05) is 26.2 Å². The molecule has 0 aromatic carbocycles. The van der Waals surface area contributed by atoms with Gasteiger partial charge in [0.25, 0.3) is 5.91 Å². The van der Waals surface area contributed by atoms with Gasteiger partial charge in [0.15, 0.2) is 0 Å². The Morgan fingerprint density at radius 1 is 1.00 bits per heavy atom. The average Bonchev–Trinajstić information content (AvgIpc) is 3.49. The van der Waals surface area contributed by atoms with Gasteiger partial charge in [-0.3, -0.25) is 14.4 Å². The SMILES string of the molecule is NC(=O)[C@H]1CCCN(C(=O)c2cc(C3CCN(C(=O)CCC4CCCC4)CC3)no2)C1. The van der Waals surface area contributed by atoms with Crippen molar-refractivity contribution in [3.8, 4) is 0 Å². The number of likely N-dealkylation sites (tertiary alicyclic amines) is 2. The minimum Gasteiger partial charge on any atom is -0.369 e. The van der Waals surface area contributed by atoms with Gasteiger partial charge in [-0.2, -0.15) is 0 Å². The van der Waals surface area contributed by atoms with Gasteiger partial charge in [0.1, 0.15) is 0 Å². The topological polar surface area (TPSA) is 110 Å². The first kappa shape index (κ1) is 21.8. The molecule has 0 bridgehead atoms. The summed E-state index contributed by atoms with van der Waals surface area (Å²) >= 11 is 0. The Kier molecular flexibility index (Phi) is 6.92. The first-order valence-electron chi connectivity index (χ1n) is 11.8. The smallest absolute Gasteiger partial charge is 0.292 e. The molecular formula is C23H34N4O4. The number of amides is 3. The Balaban J connectivity index is 1.26. The summed E-state index contributed by atoms with van der Waals surface area (Å²) in [4.78, 5) is 40.4. The highest BCUT2D eigenvalue weighted by Gasteiger charge is 2.31. The third-order valence-corrected chi connectivity index (χ3v) is 7.36. The van der Waals surface area contributed by atoms with Gasteiger partial charge in [0, 0.05) is 44.6 Å². The molecule has 1 atom stereocenters. The van der Waals surface area contributed by atoms with Gasteiger partial charge in [0.2, 0.25) is 17.6 Å². The maximum atomic E-state index is 12.8. The molecule has 3 amide bonds. The number of aromatic nitrogens is 1. The van der Waals surface area contributed by atoms with Gasteiger partial charge >= 0.3 is 0 Å². The Morgan fingerprint density at radius 3 is 2.45 bits per heavy atom. The molecular weight excluding hydrogens is 396 g/mol. The summed E-state index contributed by atoms with van der Waals surface area (Å²) in [5, 5.41) is 4.15. The molecule has 1 aliphatic carbocycles. The Hall–Kier alpha value is -2.38. The normalized spacial score (nSPS) is 23.3. The Labute approximate surface area is 183 Å². The van der Waals surface area contributed by atoms with Crippen molar-refractivity contribution in [2.24, 2.45) is 17.6 Å². The van der Waals surface area contributed by atoms with Crippen LogP contribution in [-0.2, 0) is 9.59 Å². The van der Waals surface area contributed by atoms with E-state index in [4.69, 9.17) is 10.3 Å². The summed E-state index contributed by atoms with van der Waals surface area (Å²) in [6.07, 6.45) is 10.0. The predicted molar refractivity (Wildman–Crippen MR) is 114 cm³/mol. The molecule has 1 saturated carbocycles. The molecule has 1 aromatic heterocycles. The third-order valence-electron chi connectivity index (χ3n) is 7.36. The maximum absolute atomic E-state index is 12.8. The number of hydrogen-bond donors (Lipinski definition) is 1. The second-order valence-electron chi connectivity index (χ2n) is 9.45. The van der Waals surface area contributed by atoms with Crippen LogP contribution in [0.5, 0.6) is 0 Å². The highest BCUT2D eigenvalue weighted by molar-refractivity contribution is 5.92. The molecule has 3 heterocycles. The lowest BCUT2D eigenvalue weighted by molar-refractivity contribution is -0.132. The maximum Gasteiger partial charge on any atom is 0.292 e. The number of primary amides is 1. The lowest BCUT2D eigenvalue weighted by atomic mass is 9.92. The van der Waals surface area contributed by atoms with Crippen molar-refractivity contribution >= 4 is 17.7 Å². The summed E-state index contributed by atoms with van der Waals surface area (Å²) in [7, 11) is 0. The minimum atomic E-state index is -0.361. The summed E-state index contributed by atoms with van der Waals surface area (Å²) in [6, 6.07) is 1.73. The zero-order valence-electron chi connectivity index (χ0n) is 18.3. The van der Waals surface area contributed by atoms with E-state index in [1.54, 1.807) is 11.0 Å². The van der Waals surface area contributed by atoms with Crippen LogP contribution in [0.1, 0.15) is 86.4 Å². The van der Waals surface area contributed by atoms with E-state index in [-0.39, 0.29) is 35.3 Å². The van der Waals surface area contributed by atoms with E-state index < -0.39 is 0 Å². The second kappa shape index (κ2) is 9.83. The number of nitrogens with zero attached hydrogens (tertiary/aromatic N) is 3. The zero-order chi connectivity index (χ0) is 21.8. The van der Waals surface area contributed by atoms with Crippen LogP contribution in [0.15, 0.2) is 10.6 Å². The lowest BCUT2D eigenvalue weighted by Gasteiger charge is -2.31. The lowest BCUT2D eigenvalue weighted by Crippen LogP contribution is -2.44. The number of carbonyl (C=O) groups excluding carboxylic acids is 3. The molecule has 1 aromatic rings. The van der Waals surface area contributed by atoms with Crippen molar-refractivity contribution in [2.45, 2.75) is 70.1 Å². The predicted octanol–water partition coefficient (Wildman–Crippen LogP) is 2.69. The van der Waals surface area contributed by atoms with Crippen LogP contribution in [0.4, 0.5) is 0 Å². The quantitative estimate of drug-likeness (QED) is 0.746. The number of rotatable bonds is 6. The molecule has 8 heteroatoms. The van der Waals surface area contributed by atoms with E-state index in [0.717, 1.165) is 56.8 Å². The Morgan fingerprint density at radius 2 is 1.74 bits per heavy atom. The van der Waals surface area contributed by atoms with Gasteiger partial charge in [-0.05, 0) is 38.0 Å². The molecule has 0 radical (unpaired) electrons. The number of piperidine rings is 2. The first-order valence-corrected chi connectivity index (χ1v) is 11.8. The number of nitrogens with two attached hydrogens (primary N) is 1. The largest absolute Gasteiger partial charge is 0.369 e. The molecule has 2 aliphatic heterocycles. The number of hydrogen-bond acceptors (Lipinski definition) is 5. The average molecular weight is 431 g/mol. The fourth-order valence-corrected chi connectivity index (χ4v) is 5.34. The van der Waals surface area contributed by atoms with Crippen LogP contribution in [0.2, 0.25) is 0 Å². The van der Waals surface area contributed by atoms with Crippen molar-refractivity contribution in [3.63, 3.8) is 0 Å². The molecule has 3 aliphatic rings. The van der Waals surface area contributed by atoms with Crippen LogP contribution >= 0.6 is 0 Å². The Bertz CT molecular complexity index is 793. The van der Waals surface area contributed by atoms with Gasteiger partial charge in [-0.1, -0.05) is 30.8 Å². The molecule has 3 fully saturated rings. The van der Waals surface area contributed by atoms with Crippen LogP contribution in [0.25, 0.3) is 0 Å². The van der Waals surface area contributed by atoms with E-state index in [0.29, 0.717) is 19.5 Å². The van der Waals surface area contributed by atoms with Crippen LogP contribution in [-0.4, -0.2) is 58.9 Å². The highest BCUT2D eigenvalue weighted by atomic mass is 16.5. The minimum absolute atomic E-state index is 0.198. The monoisotopic (exact) mass is 430 g/mol. The molecule has 0 unspecified atom stereocenters. The zero-order valence-corrected chi connectivity index (χ0v) is 18.3. The van der Waals surface area contributed by atoms with Crippen molar-refractivity contribution in [3.05, 3.63) is 17.5 Å². The van der Waals surface area contributed by atoms with E-state index in [1.807, 2.05) is 4.90 Å². The standard InChI is InChI=1S/C23H34N4O4/c24-22(29)18-6-3-11-27(15-18)23(30)20-14-19(25-31-20)17-9-12-26(13-10-17)21(28)8-7-16-4-1-2-5-16/h14,16-18H,1-13,15H2,(H2,24,29)/t18-/m0/s1. The van der Waals surface area contributed by atoms with E-state index >= 15 is 0 Å². The summed E-state index contributed by atoms with van der Waals surface area (Å²) in [6.45, 7) is 2.40. The fourth-order valence-electron chi connectivity index (χ4n) is 5.34. The van der Waals surface area contributed by atoms with Crippen molar-refractivity contribution < 1.29 is 18.9 Å². The van der Waals surface area contributed by atoms with E-state index in [2.05, 4.69) is 5.16 Å². The molecule has 170 valence electrons. The fraction of sp³-hybridized carbons (Fsp3) is 0.739. The van der Waals surface area contributed by atoms with Crippen molar-refractivity contribution in [1.29, 1.82) is 0 Å². The van der Waals surface area contributed by atoms with Gasteiger partial charge < -0.3 is 20.1 Å². The number of carbonyl (C=O) groups is 3. The van der Waals surface area contributed by atoms with Gasteiger partial charge in [-0.25, -0.2) is 0 Å². The first-order chi connectivity index (χ1) is 15.0. The van der Waals surface area contributed by atoms with Crippen LogP contribution in [0, 0.1) is 11.8 Å². The summed E-state index contributed by atoms with van der Waals surface area (Å²) in [5.41, 5.74) is 6.19. The summed E-state index contributed by atoms with van der Waals surface area (Å²) in [5.74, 6) is 0.542. The highest BCUT2D eigenvalue weighted by Crippen LogP contribution is 2.31. The molecule has 31 heavy (non-hydrogen) atoms. The molecule has 2 N–H and O–H groups in total. The van der Waals surface area contributed by atoms with Gasteiger partial charge in [0.05, 0.1) is 11.6 Å². The molecule has 0 spiro atoms. The van der Waals surface area contributed by atoms with Crippen molar-refractivity contribution in [1.82, 2.24) is 15.0 Å². The van der Waals surface area contributed by atoms with Gasteiger partial charge in [-0.15, -0.1) is 0 Å². The second-order valence-corrected chi connectivity index (χ2v) is 9.45. The van der Waals surface area contributed by atoms with Crippen LogP contribution < -0.4 is 5.73 Å². The molecule has 2 saturated heterocycles.